The van der Waals surface area contributed by atoms with Crippen LogP contribution in [-0.2, 0) is 11.2 Å². The van der Waals surface area contributed by atoms with Gasteiger partial charge in [-0.3, -0.25) is 4.79 Å². The molecule has 1 aliphatic carbocycles. The predicted octanol–water partition coefficient (Wildman–Crippen LogP) is 3.94. The maximum Gasteiger partial charge on any atom is 0.304 e. The van der Waals surface area contributed by atoms with Gasteiger partial charge in [0.25, 0.3) is 0 Å². The number of ether oxygens (including phenoxy) is 1. The summed E-state index contributed by atoms with van der Waals surface area (Å²) in [7, 11) is 1.72. The van der Waals surface area contributed by atoms with E-state index in [0.29, 0.717) is 18.5 Å². The van der Waals surface area contributed by atoms with Gasteiger partial charge in [0, 0.05) is 25.0 Å². The zero-order valence-electron chi connectivity index (χ0n) is 18.4. The third kappa shape index (κ3) is 5.86. The van der Waals surface area contributed by atoms with Gasteiger partial charge < -0.3 is 20.1 Å². The van der Waals surface area contributed by atoms with Crippen molar-refractivity contribution in [3.05, 3.63) is 65.7 Å². The Kier molecular flexibility index (Phi) is 6.93. The third-order valence-corrected chi connectivity index (χ3v) is 7.03. The van der Waals surface area contributed by atoms with Crippen molar-refractivity contribution in [1.82, 2.24) is 10.2 Å². The smallest absolute Gasteiger partial charge is 0.304 e. The van der Waals surface area contributed by atoms with Crippen LogP contribution in [0.3, 0.4) is 0 Å². The Hall–Kier alpha value is -2.37. The quantitative estimate of drug-likeness (QED) is 0.607. The van der Waals surface area contributed by atoms with Crippen LogP contribution in [-0.4, -0.2) is 55.3 Å². The second kappa shape index (κ2) is 9.84. The second-order valence-corrected chi connectivity index (χ2v) is 9.25. The molecule has 1 saturated heterocycles. The van der Waals surface area contributed by atoms with Crippen molar-refractivity contribution in [2.24, 2.45) is 5.41 Å². The van der Waals surface area contributed by atoms with E-state index in [2.05, 4.69) is 58.7 Å². The Balaban J connectivity index is 1.40. The van der Waals surface area contributed by atoms with E-state index in [1.807, 2.05) is 6.07 Å². The highest BCUT2D eigenvalue weighted by molar-refractivity contribution is 5.66. The minimum atomic E-state index is -0.712. The number of carboxylic acids is 1. The first-order chi connectivity index (χ1) is 15.1. The molecule has 0 aromatic heterocycles. The molecule has 5 heteroatoms. The van der Waals surface area contributed by atoms with Gasteiger partial charge in [-0.1, -0.05) is 42.5 Å². The normalized spacial score (nSPS) is 22.7. The number of nitrogens with zero attached hydrogens (tertiary/aromatic N) is 1. The summed E-state index contributed by atoms with van der Waals surface area (Å²) in [5.74, 6) is 0.826. The summed E-state index contributed by atoms with van der Waals surface area (Å²) in [5.41, 5.74) is 2.94. The molecule has 5 nitrogen and oxygen atoms in total. The average Bonchev–Trinajstić information content (AvgIpc) is 3.58. The van der Waals surface area contributed by atoms with Crippen LogP contribution in [0.1, 0.15) is 42.7 Å². The van der Waals surface area contributed by atoms with E-state index in [4.69, 9.17) is 9.84 Å². The summed E-state index contributed by atoms with van der Waals surface area (Å²) in [6.45, 7) is 3.58. The van der Waals surface area contributed by atoms with E-state index in [0.717, 1.165) is 44.6 Å². The van der Waals surface area contributed by atoms with Gasteiger partial charge in [-0.2, -0.15) is 0 Å². The highest BCUT2D eigenvalue weighted by Gasteiger charge is 2.41. The van der Waals surface area contributed by atoms with Crippen LogP contribution in [0, 0.1) is 5.41 Å². The molecule has 0 spiro atoms. The molecule has 4 rings (SSSR count). The number of rotatable bonds is 10. The Labute approximate surface area is 185 Å². The molecule has 2 fully saturated rings. The number of hydrogen-bond acceptors (Lipinski definition) is 4. The Bertz CT molecular complexity index is 862. The lowest BCUT2D eigenvalue weighted by Crippen LogP contribution is -2.47. The molecule has 2 aromatic carbocycles. The number of carboxylic acid groups (broad SMARTS) is 1. The van der Waals surface area contributed by atoms with Crippen LogP contribution in [0.25, 0.3) is 0 Å². The number of benzene rings is 2. The number of carbonyl (C=O) groups is 1. The molecule has 0 amide bonds. The standard InChI is InChI=1S/C26H34N2O3/c1-31-22-9-5-6-20(16-22)18-26(11-14-28(15-12-26)13-10-25(29)30)19-27-24-17-23(24)21-7-3-2-4-8-21/h2-9,16,23-24,27H,10-15,17-19H2,1H3,(H,29,30)/t23?,24-/m1/s1. The van der Waals surface area contributed by atoms with Crippen molar-refractivity contribution in [3.63, 3.8) is 0 Å². The summed E-state index contributed by atoms with van der Waals surface area (Å²) in [5, 5.41) is 12.9. The molecule has 1 unspecified atom stereocenters. The van der Waals surface area contributed by atoms with E-state index in [1.54, 1.807) is 7.11 Å². The van der Waals surface area contributed by atoms with Crippen molar-refractivity contribution in [3.8, 4) is 5.75 Å². The van der Waals surface area contributed by atoms with Gasteiger partial charge in [-0.15, -0.1) is 0 Å². The molecule has 166 valence electrons. The van der Waals surface area contributed by atoms with Gasteiger partial charge >= 0.3 is 5.97 Å². The molecule has 0 bridgehead atoms. The Morgan fingerprint density at radius 3 is 2.65 bits per heavy atom. The van der Waals surface area contributed by atoms with Crippen LogP contribution in [0.15, 0.2) is 54.6 Å². The fourth-order valence-electron chi connectivity index (χ4n) is 4.97. The van der Waals surface area contributed by atoms with E-state index in [9.17, 15) is 4.79 Å². The number of likely N-dealkylation sites (tertiary alicyclic amines) is 1. The first-order valence-electron chi connectivity index (χ1n) is 11.4. The molecule has 2 aliphatic rings. The van der Waals surface area contributed by atoms with E-state index in [-0.39, 0.29) is 11.8 Å². The minimum Gasteiger partial charge on any atom is -0.497 e. The van der Waals surface area contributed by atoms with Crippen LogP contribution in [0.2, 0.25) is 0 Å². The molecule has 2 atom stereocenters. The lowest BCUT2D eigenvalue weighted by atomic mass is 9.73. The summed E-state index contributed by atoms with van der Waals surface area (Å²) in [6.07, 6.45) is 4.62. The lowest BCUT2D eigenvalue weighted by Gasteiger charge is -2.42. The zero-order chi connectivity index (χ0) is 21.7. The highest BCUT2D eigenvalue weighted by Crippen LogP contribution is 2.42. The van der Waals surface area contributed by atoms with Gasteiger partial charge in [-0.25, -0.2) is 0 Å². The van der Waals surface area contributed by atoms with Gasteiger partial charge in [-0.05, 0) is 67.4 Å². The van der Waals surface area contributed by atoms with Crippen molar-refractivity contribution in [2.45, 2.75) is 44.1 Å². The zero-order valence-corrected chi connectivity index (χ0v) is 18.4. The Morgan fingerprint density at radius 2 is 1.94 bits per heavy atom. The second-order valence-electron chi connectivity index (χ2n) is 9.25. The van der Waals surface area contributed by atoms with Crippen molar-refractivity contribution >= 4 is 5.97 Å². The van der Waals surface area contributed by atoms with Crippen LogP contribution < -0.4 is 10.1 Å². The number of methoxy groups -OCH3 is 1. The largest absolute Gasteiger partial charge is 0.497 e. The summed E-state index contributed by atoms with van der Waals surface area (Å²) in [4.78, 5) is 13.3. The van der Waals surface area contributed by atoms with Crippen molar-refractivity contribution < 1.29 is 14.6 Å². The molecule has 31 heavy (non-hydrogen) atoms. The lowest BCUT2D eigenvalue weighted by molar-refractivity contribution is -0.137. The predicted molar refractivity (Wildman–Crippen MR) is 123 cm³/mol. The SMILES string of the molecule is COc1cccc(CC2(CN[C@@H]3CC3c3ccccc3)CCN(CCC(=O)O)CC2)c1. The van der Waals surface area contributed by atoms with E-state index in [1.165, 1.54) is 17.5 Å². The van der Waals surface area contributed by atoms with Gasteiger partial charge in [0.05, 0.1) is 13.5 Å². The molecule has 0 radical (unpaired) electrons. The van der Waals surface area contributed by atoms with Crippen LogP contribution >= 0.6 is 0 Å². The topological polar surface area (TPSA) is 61.8 Å². The number of nitrogens with one attached hydrogen (secondary N) is 1. The fourth-order valence-corrected chi connectivity index (χ4v) is 4.97. The first kappa shape index (κ1) is 21.8. The molecule has 1 heterocycles. The van der Waals surface area contributed by atoms with Crippen molar-refractivity contribution in [2.75, 3.05) is 33.3 Å². The van der Waals surface area contributed by atoms with Crippen LogP contribution in [0.5, 0.6) is 5.75 Å². The minimum absolute atomic E-state index is 0.190. The monoisotopic (exact) mass is 422 g/mol. The molecule has 2 N–H and O–H groups in total. The first-order valence-corrected chi connectivity index (χ1v) is 11.4. The summed E-state index contributed by atoms with van der Waals surface area (Å²) in [6, 6.07) is 19.8. The van der Waals surface area contributed by atoms with E-state index >= 15 is 0 Å². The van der Waals surface area contributed by atoms with Gasteiger partial charge in [0.2, 0.25) is 0 Å². The van der Waals surface area contributed by atoms with Gasteiger partial charge in [0.1, 0.15) is 5.75 Å². The maximum absolute atomic E-state index is 11.0. The third-order valence-electron chi connectivity index (χ3n) is 7.03. The van der Waals surface area contributed by atoms with Crippen LogP contribution in [0.4, 0.5) is 0 Å². The summed E-state index contributed by atoms with van der Waals surface area (Å²) >= 11 is 0. The fraction of sp³-hybridized carbons (Fsp3) is 0.500. The summed E-state index contributed by atoms with van der Waals surface area (Å²) < 4.78 is 5.44. The van der Waals surface area contributed by atoms with Crippen molar-refractivity contribution in [1.29, 1.82) is 0 Å². The molecule has 2 aromatic rings. The molecular weight excluding hydrogens is 388 g/mol. The molecule has 1 saturated carbocycles. The number of aliphatic carboxylic acids is 1. The number of hydrogen-bond donors (Lipinski definition) is 2. The molecular formula is C26H34N2O3. The number of piperidine rings is 1. The van der Waals surface area contributed by atoms with E-state index < -0.39 is 5.97 Å². The molecule has 1 aliphatic heterocycles. The highest BCUT2D eigenvalue weighted by atomic mass is 16.5. The van der Waals surface area contributed by atoms with Gasteiger partial charge in [0.15, 0.2) is 0 Å². The maximum atomic E-state index is 11.0. The Morgan fingerprint density at radius 1 is 1.16 bits per heavy atom. The average molecular weight is 423 g/mol.